The zero-order chi connectivity index (χ0) is 19.3. The van der Waals surface area contributed by atoms with E-state index < -0.39 is 0 Å². The van der Waals surface area contributed by atoms with E-state index in [1.54, 1.807) is 7.05 Å². The van der Waals surface area contributed by atoms with E-state index in [1.165, 1.54) is 12.8 Å². The maximum Gasteiger partial charge on any atom is 0.213 e. The van der Waals surface area contributed by atoms with Crippen molar-refractivity contribution >= 4 is 5.96 Å². The molecule has 0 amide bonds. The summed E-state index contributed by atoms with van der Waals surface area (Å²) in [5.74, 6) is 2.37. The topological polar surface area (TPSA) is 67.8 Å². The van der Waals surface area contributed by atoms with Crippen LogP contribution in [-0.2, 0) is 11.3 Å². The Morgan fingerprint density at radius 2 is 2.04 bits per heavy atom. The van der Waals surface area contributed by atoms with E-state index in [1.807, 2.05) is 25.3 Å². The molecule has 0 bridgehead atoms. The van der Waals surface area contributed by atoms with Crippen molar-refractivity contribution < 1.29 is 9.47 Å². The van der Waals surface area contributed by atoms with Crippen molar-refractivity contribution in [1.82, 2.24) is 15.6 Å². The number of aliphatic imine (C=N–C) groups is 1. The SMILES string of the molecule is CCOCCCCNC(=NC)NCc1ccnc(OC2CCC(C)CC2)c1. The molecule has 1 aromatic heterocycles. The molecule has 6 nitrogen and oxygen atoms in total. The van der Waals surface area contributed by atoms with Crippen LogP contribution in [0.15, 0.2) is 23.3 Å². The van der Waals surface area contributed by atoms with E-state index >= 15 is 0 Å². The summed E-state index contributed by atoms with van der Waals surface area (Å²) in [6.45, 7) is 7.53. The average Bonchev–Trinajstić information content (AvgIpc) is 2.69. The molecule has 0 aromatic carbocycles. The largest absolute Gasteiger partial charge is 0.474 e. The molecule has 0 saturated heterocycles. The molecule has 27 heavy (non-hydrogen) atoms. The first kappa shape index (κ1) is 21.5. The van der Waals surface area contributed by atoms with E-state index in [9.17, 15) is 0 Å². The van der Waals surface area contributed by atoms with Gasteiger partial charge in [0, 0.05) is 45.6 Å². The van der Waals surface area contributed by atoms with Crippen molar-refractivity contribution in [3.8, 4) is 5.88 Å². The molecule has 1 aliphatic carbocycles. The van der Waals surface area contributed by atoms with Crippen LogP contribution in [0.2, 0.25) is 0 Å². The minimum absolute atomic E-state index is 0.308. The van der Waals surface area contributed by atoms with Gasteiger partial charge in [-0.2, -0.15) is 0 Å². The standard InChI is InChI=1S/C21H36N4O2/c1-4-26-14-6-5-12-24-21(22-3)25-16-18-11-13-23-20(15-18)27-19-9-7-17(2)8-10-19/h11,13,15,17,19H,4-10,12,14,16H2,1-3H3,(H2,22,24,25). The third kappa shape index (κ3) is 8.61. The predicted molar refractivity (Wildman–Crippen MR) is 110 cm³/mol. The predicted octanol–water partition coefficient (Wildman–Crippen LogP) is 3.52. The normalized spacial score (nSPS) is 20.3. The third-order valence-electron chi connectivity index (χ3n) is 4.95. The van der Waals surface area contributed by atoms with Crippen LogP contribution < -0.4 is 15.4 Å². The van der Waals surface area contributed by atoms with Crippen molar-refractivity contribution in [2.45, 2.75) is 65.0 Å². The highest BCUT2D eigenvalue weighted by molar-refractivity contribution is 5.79. The van der Waals surface area contributed by atoms with E-state index in [0.717, 1.165) is 68.8 Å². The summed E-state index contributed by atoms with van der Waals surface area (Å²) in [4.78, 5) is 8.65. The number of aromatic nitrogens is 1. The van der Waals surface area contributed by atoms with Crippen molar-refractivity contribution in [2.24, 2.45) is 10.9 Å². The number of guanidine groups is 1. The second-order valence-corrected chi connectivity index (χ2v) is 7.26. The molecular weight excluding hydrogens is 340 g/mol. The van der Waals surface area contributed by atoms with Gasteiger partial charge in [-0.15, -0.1) is 0 Å². The number of rotatable bonds is 10. The highest BCUT2D eigenvalue weighted by atomic mass is 16.5. The lowest BCUT2D eigenvalue weighted by Gasteiger charge is -2.26. The number of pyridine rings is 1. The van der Waals surface area contributed by atoms with Gasteiger partial charge in [-0.3, -0.25) is 4.99 Å². The molecule has 0 aliphatic heterocycles. The van der Waals surface area contributed by atoms with Crippen molar-refractivity contribution in [3.05, 3.63) is 23.9 Å². The molecule has 2 N–H and O–H groups in total. The molecule has 1 heterocycles. The van der Waals surface area contributed by atoms with Gasteiger partial charge in [-0.05, 0) is 63.0 Å². The minimum Gasteiger partial charge on any atom is -0.474 e. The van der Waals surface area contributed by atoms with Crippen LogP contribution in [0.25, 0.3) is 0 Å². The van der Waals surface area contributed by atoms with Gasteiger partial charge in [0.15, 0.2) is 5.96 Å². The zero-order valence-corrected chi connectivity index (χ0v) is 17.2. The zero-order valence-electron chi connectivity index (χ0n) is 17.2. The summed E-state index contributed by atoms with van der Waals surface area (Å²) in [6, 6.07) is 4.04. The summed E-state index contributed by atoms with van der Waals surface area (Å²) >= 11 is 0. The first-order valence-corrected chi connectivity index (χ1v) is 10.3. The van der Waals surface area contributed by atoms with Gasteiger partial charge in [0.1, 0.15) is 6.10 Å². The smallest absolute Gasteiger partial charge is 0.213 e. The third-order valence-corrected chi connectivity index (χ3v) is 4.95. The number of ether oxygens (including phenoxy) is 2. The molecule has 1 fully saturated rings. The highest BCUT2D eigenvalue weighted by Gasteiger charge is 2.19. The van der Waals surface area contributed by atoms with Crippen LogP contribution >= 0.6 is 0 Å². The Kier molecular flexibility index (Phi) is 9.98. The fraction of sp³-hybridized carbons (Fsp3) is 0.714. The Balaban J connectivity index is 1.71. The van der Waals surface area contributed by atoms with Gasteiger partial charge in [-0.25, -0.2) is 4.98 Å². The maximum atomic E-state index is 6.09. The molecule has 0 unspecified atom stereocenters. The van der Waals surface area contributed by atoms with E-state index in [0.29, 0.717) is 12.6 Å². The Labute approximate surface area is 164 Å². The highest BCUT2D eigenvalue weighted by Crippen LogP contribution is 2.26. The second kappa shape index (κ2) is 12.5. The molecule has 2 rings (SSSR count). The summed E-state index contributed by atoms with van der Waals surface area (Å²) in [6.07, 6.45) is 9.01. The quantitative estimate of drug-likeness (QED) is 0.371. The van der Waals surface area contributed by atoms with E-state index in [2.05, 4.69) is 27.5 Å². The fourth-order valence-corrected chi connectivity index (χ4v) is 3.23. The molecule has 1 saturated carbocycles. The lowest BCUT2D eigenvalue weighted by Crippen LogP contribution is -2.37. The first-order valence-electron chi connectivity index (χ1n) is 10.3. The van der Waals surface area contributed by atoms with Crippen molar-refractivity contribution in [1.29, 1.82) is 0 Å². The maximum absolute atomic E-state index is 6.09. The monoisotopic (exact) mass is 376 g/mol. The molecule has 0 spiro atoms. The van der Waals surface area contributed by atoms with Crippen LogP contribution in [0.5, 0.6) is 5.88 Å². The molecule has 1 aliphatic rings. The number of nitrogens with zero attached hydrogens (tertiary/aromatic N) is 2. The molecule has 6 heteroatoms. The molecule has 1 aromatic rings. The lowest BCUT2D eigenvalue weighted by atomic mass is 9.89. The van der Waals surface area contributed by atoms with Gasteiger partial charge in [0.25, 0.3) is 0 Å². The van der Waals surface area contributed by atoms with Crippen molar-refractivity contribution in [3.63, 3.8) is 0 Å². The van der Waals surface area contributed by atoms with Crippen LogP contribution in [0.3, 0.4) is 0 Å². The van der Waals surface area contributed by atoms with Crippen molar-refractivity contribution in [2.75, 3.05) is 26.8 Å². The summed E-state index contributed by atoms with van der Waals surface area (Å²) in [5.41, 5.74) is 1.14. The molecular formula is C21H36N4O2. The first-order chi connectivity index (χ1) is 13.2. The molecule has 0 radical (unpaired) electrons. The summed E-state index contributed by atoms with van der Waals surface area (Å²) in [7, 11) is 1.79. The Morgan fingerprint density at radius 1 is 1.22 bits per heavy atom. The van der Waals surface area contributed by atoms with Crippen LogP contribution in [0, 0.1) is 5.92 Å². The Morgan fingerprint density at radius 3 is 2.78 bits per heavy atom. The molecule has 0 atom stereocenters. The van der Waals surface area contributed by atoms with Crippen LogP contribution in [0.1, 0.15) is 57.9 Å². The van der Waals surface area contributed by atoms with Gasteiger partial charge in [0.2, 0.25) is 5.88 Å². The minimum atomic E-state index is 0.308. The Bertz CT molecular complexity index is 557. The van der Waals surface area contributed by atoms with Gasteiger partial charge in [-0.1, -0.05) is 6.92 Å². The average molecular weight is 377 g/mol. The second-order valence-electron chi connectivity index (χ2n) is 7.26. The van der Waals surface area contributed by atoms with Crippen LogP contribution in [-0.4, -0.2) is 43.9 Å². The van der Waals surface area contributed by atoms with Crippen LogP contribution in [0.4, 0.5) is 0 Å². The molecule has 152 valence electrons. The van der Waals surface area contributed by atoms with Gasteiger partial charge in [0.05, 0.1) is 0 Å². The summed E-state index contributed by atoms with van der Waals surface area (Å²) in [5, 5.41) is 6.69. The number of nitrogens with one attached hydrogen (secondary N) is 2. The van der Waals surface area contributed by atoms with Gasteiger partial charge < -0.3 is 20.1 Å². The van der Waals surface area contributed by atoms with E-state index in [-0.39, 0.29) is 0 Å². The summed E-state index contributed by atoms with van der Waals surface area (Å²) < 4.78 is 11.4. The fourth-order valence-electron chi connectivity index (χ4n) is 3.23. The van der Waals surface area contributed by atoms with E-state index in [4.69, 9.17) is 9.47 Å². The lowest BCUT2D eigenvalue weighted by molar-refractivity contribution is 0.130. The van der Waals surface area contributed by atoms with Gasteiger partial charge >= 0.3 is 0 Å². The number of hydrogen-bond donors (Lipinski definition) is 2. The number of hydrogen-bond acceptors (Lipinski definition) is 4. The number of unbranched alkanes of at least 4 members (excludes halogenated alkanes) is 1. The Hall–Kier alpha value is -1.82.